The van der Waals surface area contributed by atoms with Crippen LogP contribution in [0.4, 0.5) is 0 Å². The van der Waals surface area contributed by atoms with Crippen molar-refractivity contribution < 1.29 is 9.53 Å². The Labute approximate surface area is 162 Å². The van der Waals surface area contributed by atoms with Gasteiger partial charge in [-0.25, -0.2) is 4.79 Å². The average Bonchev–Trinajstić information content (AvgIpc) is 2.68. The van der Waals surface area contributed by atoms with Crippen LogP contribution in [0.2, 0.25) is 0 Å². The molecule has 0 unspecified atom stereocenters. The standard InChI is InChI=1S/C23H21BrO2/c24-18-14-12-17(13-15-18)23(25)26-22-11-4-3-9-21(22)20-10-5-7-16-6-1-2-8-19(16)20/h1-2,5-8,10,12-15,21-22H,3-4,9,11H2/t21-,22-/m1/s1. The summed E-state index contributed by atoms with van der Waals surface area (Å²) >= 11 is 3.40. The highest BCUT2D eigenvalue weighted by atomic mass is 79.9. The maximum absolute atomic E-state index is 12.6. The Kier molecular flexibility index (Phi) is 5.07. The summed E-state index contributed by atoms with van der Waals surface area (Å²) in [5.41, 5.74) is 1.91. The van der Waals surface area contributed by atoms with Gasteiger partial charge in [0.2, 0.25) is 0 Å². The topological polar surface area (TPSA) is 26.3 Å². The van der Waals surface area contributed by atoms with E-state index < -0.39 is 0 Å². The second kappa shape index (κ2) is 7.63. The average molecular weight is 409 g/mol. The highest BCUT2D eigenvalue weighted by molar-refractivity contribution is 9.10. The van der Waals surface area contributed by atoms with E-state index in [1.165, 1.54) is 22.8 Å². The number of esters is 1. The number of ether oxygens (including phenoxy) is 1. The molecule has 0 aliphatic heterocycles. The normalized spacial score (nSPS) is 20.0. The minimum absolute atomic E-state index is 0.0642. The molecule has 3 aromatic rings. The van der Waals surface area contributed by atoms with E-state index in [1.807, 2.05) is 24.3 Å². The molecule has 4 rings (SSSR count). The molecule has 1 aliphatic rings. The van der Waals surface area contributed by atoms with Gasteiger partial charge in [-0.05, 0) is 59.9 Å². The van der Waals surface area contributed by atoms with E-state index in [1.54, 1.807) is 0 Å². The van der Waals surface area contributed by atoms with Crippen molar-refractivity contribution in [2.75, 3.05) is 0 Å². The third-order valence-electron chi connectivity index (χ3n) is 5.26. The molecule has 0 heterocycles. The van der Waals surface area contributed by atoms with Gasteiger partial charge in [-0.3, -0.25) is 0 Å². The third-order valence-corrected chi connectivity index (χ3v) is 5.79. The molecule has 0 amide bonds. The quantitative estimate of drug-likeness (QED) is 0.463. The van der Waals surface area contributed by atoms with Crippen LogP contribution in [0.3, 0.4) is 0 Å². The predicted octanol–water partition coefficient (Wildman–Crippen LogP) is 6.49. The van der Waals surface area contributed by atoms with Gasteiger partial charge in [-0.1, -0.05) is 64.8 Å². The number of hydrogen-bond acceptors (Lipinski definition) is 2. The maximum atomic E-state index is 12.6. The van der Waals surface area contributed by atoms with Crippen LogP contribution in [-0.2, 0) is 4.74 Å². The van der Waals surface area contributed by atoms with Crippen LogP contribution in [0.15, 0.2) is 71.2 Å². The molecule has 26 heavy (non-hydrogen) atoms. The molecule has 0 radical (unpaired) electrons. The molecule has 0 N–H and O–H groups in total. The first-order valence-electron chi connectivity index (χ1n) is 9.16. The summed E-state index contributed by atoms with van der Waals surface area (Å²) in [6, 6.07) is 22.3. The lowest BCUT2D eigenvalue weighted by atomic mass is 9.80. The summed E-state index contributed by atoms with van der Waals surface area (Å²) in [5, 5.41) is 2.51. The lowest BCUT2D eigenvalue weighted by molar-refractivity contribution is 0.0144. The number of hydrogen-bond donors (Lipinski definition) is 0. The molecule has 0 aromatic heterocycles. The Hall–Kier alpha value is -2.13. The Bertz CT molecular complexity index is 912. The van der Waals surface area contributed by atoms with Gasteiger partial charge < -0.3 is 4.74 Å². The van der Waals surface area contributed by atoms with Crippen molar-refractivity contribution >= 4 is 32.7 Å². The first-order valence-corrected chi connectivity index (χ1v) is 9.96. The molecule has 0 spiro atoms. The van der Waals surface area contributed by atoms with E-state index in [2.05, 4.69) is 58.4 Å². The number of fused-ring (bicyclic) bond motifs is 1. The van der Waals surface area contributed by atoms with E-state index in [0.717, 1.165) is 23.7 Å². The summed E-state index contributed by atoms with van der Waals surface area (Å²) < 4.78 is 6.94. The minimum atomic E-state index is -0.227. The number of benzene rings is 3. The van der Waals surface area contributed by atoms with Crippen LogP contribution < -0.4 is 0 Å². The molecular weight excluding hydrogens is 388 g/mol. The van der Waals surface area contributed by atoms with Gasteiger partial charge in [-0.15, -0.1) is 0 Å². The molecule has 1 saturated carbocycles. The minimum Gasteiger partial charge on any atom is -0.458 e. The van der Waals surface area contributed by atoms with Gasteiger partial charge in [0.15, 0.2) is 0 Å². The summed E-state index contributed by atoms with van der Waals surface area (Å²) in [7, 11) is 0. The number of halogens is 1. The molecule has 1 aliphatic carbocycles. The van der Waals surface area contributed by atoms with Crippen molar-refractivity contribution in [3.8, 4) is 0 Å². The molecule has 1 fully saturated rings. The highest BCUT2D eigenvalue weighted by Crippen LogP contribution is 2.38. The fourth-order valence-corrected chi connectivity index (χ4v) is 4.22. The first kappa shape index (κ1) is 17.3. The fraction of sp³-hybridized carbons (Fsp3) is 0.261. The molecule has 0 saturated heterocycles. The van der Waals surface area contributed by atoms with E-state index >= 15 is 0 Å². The van der Waals surface area contributed by atoms with Gasteiger partial charge >= 0.3 is 5.97 Å². The van der Waals surface area contributed by atoms with Crippen LogP contribution in [0.5, 0.6) is 0 Å². The second-order valence-electron chi connectivity index (χ2n) is 6.91. The van der Waals surface area contributed by atoms with E-state index in [-0.39, 0.29) is 18.0 Å². The largest absolute Gasteiger partial charge is 0.458 e. The van der Waals surface area contributed by atoms with Crippen LogP contribution in [-0.4, -0.2) is 12.1 Å². The van der Waals surface area contributed by atoms with Crippen LogP contribution >= 0.6 is 15.9 Å². The maximum Gasteiger partial charge on any atom is 0.338 e. The van der Waals surface area contributed by atoms with Crippen molar-refractivity contribution in [1.29, 1.82) is 0 Å². The van der Waals surface area contributed by atoms with E-state index in [9.17, 15) is 4.79 Å². The highest BCUT2D eigenvalue weighted by Gasteiger charge is 2.30. The van der Waals surface area contributed by atoms with Gasteiger partial charge in [0.05, 0.1) is 5.56 Å². The lowest BCUT2D eigenvalue weighted by Gasteiger charge is -2.32. The van der Waals surface area contributed by atoms with E-state index in [4.69, 9.17) is 4.74 Å². The first-order chi connectivity index (χ1) is 12.7. The molecule has 3 aromatic carbocycles. The van der Waals surface area contributed by atoms with Crippen molar-refractivity contribution in [3.63, 3.8) is 0 Å². The molecule has 0 bridgehead atoms. The van der Waals surface area contributed by atoms with Crippen molar-refractivity contribution in [3.05, 3.63) is 82.3 Å². The Morgan fingerprint density at radius 3 is 2.46 bits per heavy atom. The summed E-state index contributed by atoms with van der Waals surface area (Å²) in [4.78, 5) is 12.6. The van der Waals surface area contributed by atoms with Gasteiger partial charge in [-0.2, -0.15) is 0 Å². The SMILES string of the molecule is O=C(O[C@@H]1CCCC[C@@H]1c1cccc2ccccc12)c1ccc(Br)cc1. The lowest BCUT2D eigenvalue weighted by Crippen LogP contribution is -2.28. The van der Waals surface area contributed by atoms with Gasteiger partial charge in [0.25, 0.3) is 0 Å². The van der Waals surface area contributed by atoms with Crippen LogP contribution in [0.1, 0.15) is 47.5 Å². The van der Waals surface area contributed by atoms with Gasteiger partial charge in [0.1, 0.15) is 6.10 Å². The predicted molar refractivity (Wildman–Crippen MR) is 109 cm³/mol. The number of rotatable bonds is 3. The molecule has 3 heteroatoms. The molecular formula is C23H21BrO2. The Morgan fingerprint density at radius 2 is 1.62 bits per heavy atom. The van der Waals surface area contributed by atoms with Crippen LogP contribution in [0.25, 0.3) is 10.8 Å². The zero-order valence-electron chi connectivity index (χ0n) is 14.5. The zero-order valence-corrected chi connectivity index (χ0v) is 16.1. The van der Waals surface area contributed by atoms with Crippen molar-refractivity contribution in [1.82, 2.24) is 0 Å². The van der Waals surface area contributed by atoms with Crippen LogP contribution in [0, 0.1) is 0 Å². The molecule has 2 atom stereocenters. The third kappa shape index (κ3) is 3.54. The number of carbonyl (C=O) groups excluding carboxylic acids is 1. The van der Waals surface area contributed by atoms with Crippen molar-refractivity contribution in [2.45, 2.75) is 37.7 Å². The Balaban J connectivity index is 1.62. The fourth-order valence-electron chi connectivity index (χ4n) is 3.96. The van der Waals surface area contributed by atoms with Crippen molar-refractivity contribution in [2.24, 2.45) is 0 Å². The molecule has 132 valence electrons. The monoisotopic (exact) mass is 408 g/mol. The Morgan fingerprint density at radius 1 is 0.885 bits per heavy atom. The second-order valence-corrected chi connectivity index (χ2v) is 7.83. The summed E-state index contributed by atoms with van der Waals surface area (Å²) in [5.74, 6) is 0.0314. The summed E-state index contributed by atoms with van der Waals surface area (Å²) in [6.07, 6.45) is 4.22. The smallest absolute Gasteiger partial charge is 0.338 e. The van der Waals surface area contributed by atoms with E-state index in [0.29, 0.717) is 5.56 Å². The summed E-state index contributed by atoms with van der Waals surface area (Å²) in [6.45, 7) is 0. The molecule has 2 nitrogen and oxygen atoms in total. The van der Waals surface area contributed by atoms with Gasteiger partial charge in [0, 0.05) is 10.4 Å². The zero-order chi connectivity index (χ0) is 17.9. The number of carbonyl (C=O) groups is 1.